The molecule has 2 heterocycles. The summed E-state index contributed by atoms with van der Waals surface area (Å²) in [4.78, 5) is 31.0. The number of benzene rings is 3. The minimum absolute atomic E-state index is 0.134. The van der Waals surface area contributed by atoms with Crippen molar-refractivity contribution >= 4 is 40.3 Å². The van der Waals surface area contributed by atoms with Crippen molar-refractivity contribution < 1.29 is 28.5 Å². The van der Waals surface area contributed by atoms with E-state index in [0.29, 0.717) is 16.8 Å². The lowest BCUT2D eigenvalue weighted by atomic mass is 9.77. The van der Waals surface area contributed by atoms with Crippen LogP contribution in [0, 0.1) is 0 Å². The Hall–Kier alpha value is -4.07. The fraction of sp³-hybridized carbons (Fsp3) is 0.296. The number of methoxy groups -OCH3 is 2. The number of rotatable bonds is 3. The minimum atomic E-state index is -0.870. The fourth-order valence-corrected chi connectivity index (χ4v) is 5.06. The predicted octanol–water partition coefficient (Wildman–Crippen LogP) is 4.78. The summed E-state index contributed by atoms with van der Waals surface area (Å²) in [7, 11) is 4.91. The highest BCUT2D eigenvalue weighted by Crippen LogP contribution is 2.55. The molecule has 2 aliphatic rings. The van der Waals surface area contributed by atoms with Crippen LogP contribution in [0.2, 0.25) is 0 Å². The van der Waals surface area contributed by atoms with Crippen LogP contribution in [0.1, 0.15) is 36.7 Å². The molecule has 1 atom stereocenters. The van der Waals surface area contributed by atoms with Gasteiger partial charge in [0.05, 0.1) is 25.8 Å². The third-order valence-corrected chi connectivity index (χ3v) is 6.98. The Kier molecular flexibility index (Phi) is 5.01. The van der Waals surface area contributed by atoms with Crippen molar-refractivity contribution in [3.63, 3.8) is 0 Å². The normalized spacial score (nSPS) is 19.2. The smallest absolute Gasteiger partial charge is 0.341 e. The fourth-order valence-electron chi connectivity index (χ4n) is 5.06. The predicted molar refractivity (Wildman–Crippen MR) is 133 cm³/mol. The van der Waals surface area contributed by atoms with Gasteiger partial charge in [-0.3, -0.25) is 9.79 Å². The van der Waals surface area contributed by atoms with Crippen molar-refractivity contribution in [3.05, 3.63) is 53.6 Å². The quantitative estimate of drug-likeness (QED) is 0.399. The number of esters is 2. The Labute approximate surface area is 203 Å². The monoisotopic (exact) mass is 474 g/mol. The molecule has 0 aliphatic carbocycles. The van der Waals surface area contributed by atoms with Gasteiger partial charge in [-0.05, 0) is 61.2 Å². The van der Waals surface area contributed by atoms with Crippen molar-refractivity contribution in [2.75, 3.05) is 26.2 Å². The first kappa shape index (κ1) is 22.7. The molecular formula is C27H26N2O6. The number of carbonyl (C=O) groups is 2. The van der Waals surface area contributed by atoms with E-state index in [1.165, 1.54) is 14.0 Å². The summed E-state index contributed by atoms with van der Waals surface area (Å²) >= 11 is 0. The number of hydrogen-bond donors (Lipinski definition) is 0. The Morgan fingerprint density at radius 2 is 1.83 bits per heavy atom. The van der Waals surface area contributed by atoms with Crippen molar-refractivity contribution in [1.82, 2.24) is 0 Å². The van der Waals surface area contributed by atoms with E-state index >= 15 is 0 Å². The first-order valence-electron chi connectivity index (χ1n) is 11.2. The third kappa shape index (κ3) is 3.16. The summed E-state index contributed by atoms with van der Waals surface area (Å²) < 4.78 is 22.4. The summed E-state index contributed by atoms with van der Waals surface area (Å²) in [5.41, 5.74) is 1.52. The van der Waals surface area contributed by atoms with E-state index in [9.17, 15) is 9.59 Å². The lowest BCUT2D eigenvalue weighted by Gasteiger charge is -2.45. The van der Waals surface area contributed by atoms with Gasteiger partial charge < -0.3 is 23.8 Å². The lowest BCUT2D eigenvalue weighted by molar-refractivity contribution is -0.131. The van der Waals surface area contributed by atoms with Crippen molar-refractivity contribution in [3.8, 4) is 17.2 Å². The molecule has 0 bridgehead atoms. The van der Waals surface area contributed by atoms with Crippen LogP contribution in [-0.4, -0.2) is 45.1 Å². The van der Waals surface area contributed by atoms with Crippen molar-refractivity contribution in [2.45, 2.75) is 31.9 Å². The molecule has 8 heteroatoms. The first-order chi connectivity index (χ1) is 16.6. The number of aliphatic imine (C=N–C) groups is 1. The molecule has 0 saturated carbocycles. The number of hydrogen-bond acceptors (Lipinski definition) is 8. The number of likely N-dealkylation sites (N-methyl/N-ethyl adjacent to an activating group) is 1. The van der Waals surface area contributed by atoms with Crippen molar-refractivity contribution in [1.29, 1.82) is 0 Å². The van der Waals surface area contributed by atoms with Gasteiger partial charge in [-0.25, -0.2) is 4.79 Å². The molecule has 180 valence electrons. The van der Waals surface area contributed by atoms with Gasteiger partial charge in [-0.15, -0.1) is 0 Å². The molecule has 0 N–H and O–H groups in total. The largest absolute Gasteiger partial charge is 0.497 e. The van der Waals surface area contributed by atoms with E-state index in [-0.39, 0.29) is 11.3 Å². The average Bonchev–Trinajstić information content (AvgIpc) is 3.00. The molecule has 5 rings (SSSR count). The van der Waals surface area contributed by atoms with E-state index < -0.39 is 23.1 Å². The van der Waals surface area contributed by atoms with E-state index in [2.05, 4.69) is 18.7 Å². The van der Waals surface area contributed by atoms with Crippen LogP contribution in [0.15, 0.2) is 47.5 Å². The number of ether oxygens (including phenoxy) is 4. The molecule has 0 aromatic heterocycles. The molecule has 0 saturated heterocycles. The van der Waals surface area contributed by atoms with Gasteiger partial charge in [0, 0.05) is 25.0 Å². The molecule has 1 unspecified atom stereocenters. The molecular weight excluding hydrogens is 448 g/mol. The molecule has 3 aromatic carbocycles. The topological polar surface area (TPSA) is 86.7 Å². The molecule has 0 radical (unpaired) electrons. The highest BCUT2D eigenvalue weighted by molar-refractivity contribution is 6.05. The maximum atomic E-state index is 12.4. The van der Waals surface area contributed by atoms with Crippen LogP contribution >= 0.6 is 0 Å². The Morgan fingerprint density at radius 3 is 2.51 bits per heavy atom. The highest BCUT2D eigenvalue weighted by Gasteiger charge is 2.58. The zero-order valence-corrected chi connectivity index (χ0v) is 20.5. The van der Waals surface area contributed by atoms with E-state index in [1.807, 2.05) is 43.6 Å². The van der Waals surface area contributed by atoms with Crippen molar-refractivity contribution in [2.24, 2.45) is 4.99 Å². The molecule has 2 aliphatic heterocycles. The Balaban J connectivity index is 1.65. The second-order valence-electron chi connectivity index (χ2n) is 9.19. The maximum Gasteiger partial charge on any atom is 0.341 e. The Bertz CT molecular complexity index is 1430. The van der Waals surface area contributed by atoms with Gasteiger partial charge in [0.1, 0.15) is 28.5 Å². The summed E-state index contributed by atoms with van der Waals surface area (Å²) in [6.45, 7) is 5.52. The zero-order valence-electron chi connectivity index (χ0n) is 20.5. The summed E-state index contributed by atoms with van der Waals surface area (Å²) in [6, 6.07) is 13.0. The summed E-state index contributed by atoms with van der Waals surface area (Å²) in [5, 5.41) is 1.43. The SMILES string of the molecule is COC(=O)c1cc2c3c(ccc2cc1OC(C)=O)OC1(C=N3)N(C)c2ccc(OC)cc2C1(C)C. The van der Waals surface area contributed by atoms with Crippen LogP contribution in [0.5, 0.6) is 17.2 Å². The van der Waals surface area contributed by atoms with Crippen LogP contribution in [-0.2, 0) is 14.9 Å². The average molecular weight is 475 g/mol. The highest BCUT2D eigenvalue weighted by atomic mass is 16.5. The van der Waals surface area contributed by atoms with Crippen LogP contribution < -0.4 is 19.1 Å². The third-order valence-electron chi connectivity index (χ3n) is 6.98. The van der Waals surface area contributed by atoms with Gasteiger partial charge >= 0.3 is 11.9 Å². The molecule has 0 amide bonds. The number of anilines is 1. The molecule has 8 nitrogen and oxygen atoms in total. The summed E-state index contributed by atoms with van der Waals surface area (Å²) in [5.74, 6) is 0.351. The first-order valence-corrected chi connectivity index (χ1v) is 11.2. The molecule has 35 heavy (non-hydrogen) atoms. The lowest BCUT2D eigenvalue weighted by Crippen LogP contribution is -2.61. The van der Waals surface area contributed by atoms with E-state index in [0.717, 1.165) is 22.4 Å². The van der Waals surface area contributed by atoms with Gasteiger partial charge in [0.2, 0.25) is 5.72 Å². The molecule has 0 fully saturated rings. The van der Waals surface area contributed by atoms with Gasteiger partial charge in [0.25, 0.3) is 0 Å². The van der Waals surface area contributed by atoms with Crippen LogP contribution in [0.25, 0.3) is 10.8 Å². The minimum Gasteiger partial charge on any atom is -0.497 e. The summed E-state index contributed by atoms with van der Waals surface area (Å²) in [6.07, 6.45) is 1.82. The van der Waals surface area contributed by atoms with E-state index in [4.69, 9.17) is 23.9 Å². The molecule has 3 aromatic rings. The zero-order chi connectivity index (χ0) is 25.1. The van der Waals surface area contributed by atoms with Gasteiger partial charge in [0.15, 0.2) is 0 Å². The Morgan fingerprint density at radius 1 is 1.06 bits per heavy atom. The molecule has 1 spiro atoms. The standard InChI is InChI=1S/C27H26N2O6/c1-15(30)34-23-11-16-7-10-22-24(18(16)13-19(23)25(31)33-6)28-14-27(35-22)26(2,3)20-12-17(32-5)8-9-21(20)29(27)4/h7-14H,1-6H3. The van der Waals surface area contributed by atoms with Gasteiger partial charge in [-0.1, -0.05) is 6.07 Å². The number of fused-ring (bicyclic) bond motifs is 4. The number of nitrogens with zero attached hydrogens (tertiary/aromatic N) is 2. The van der Waals surface area contributed by atoms with Gasteiger partial charge in [-0.2, -0.15) is 0 Å². The van der Waals surface area contributed by atoms with Crippen LogP contribution in [0.4, 0.5) is 11.4 Å². The maximum absolute atomic E-state index is 12.4. The van der Waals surface area contributed by atoms with E-state index in [1.54, 1.807) is 19.2 Å². The second-order valence-corrected chi connectivity index (χ2v) is 9.19. The van der Waals surface area contributed by atoms with Crippen LogP contribution in [0.3, 0.4) is 0 Å². The number of carbonyl (C=O) groups excluding carboxylic acids is 2. The second kappa shape index (κ2) is 7.73.